The predicted octanol–water partition coefficient (Wildman–Crippen LogP) is 3.22. The first-order valence-electron chi connectivity index (χ1n) is 10.3. The van der Waals surface area contributed by atoms with Gasteiger partial charge in [-0.15, -0.1) is 0 Å². The number of rotatable bonds is 5. The largest absolute Gasteiger partial charge is 0.486 e. The number of nitrogens with zero attached hydrogens (tertiary/aromatic N) is 1. The van der Waals surface area contributed by atoms with E-state index in [1.807, 2.05) is 30.3 Å². The highest BCUT2D eigenvalue weighted by Crippen LogP contribution is 2.38. The van der Waals surface area contributed by atoms with Crippen LogP contribution in [0.5, 0.6) is 5.75 Å². The Morgan fingerprint density at radius 2 is 1.97 bits per heavy atom. The quantitative estimate of drug-likeness (QED) is 0.595. The van der Waals surface area contributed by atoms with Gasteiger partial charge in [0.2, 0.25) is 11.7 Å². The Bertz CT molecular complexity index is 1220. The summed E-state index contributed by atoms with van der Waals surface area (Å²) in [6, 6.07) is 12.7. The highest BCUT2D eigenvalue weighted by atomic mass is 19.1. The number of nitrogens with one attached hydrogen (secondary N) is 1. The van der Waals surface area contributed by atoms with Crippen LogP contribution in [-0.4, -0.2) is 48.5 Å². The maximum Gasteiger partial charge on any atom is 0.325 e. The SMILES string of the molecule is COC(=O)CN1C(=O)c2oc3ccc(F)cc3c2OC[C@]1(C)C(=O)N[C@@H](C)c1ccccc1. The molecule has 0 unspecified atom stereocenters. The van der Waals surface area contributed by atoms with Crippen molar-refractivity contribution >= 4 is 28.8 Å². The highest BCUT2D eigenvalue weighted by molar-refractivity contribution is 6.05. The van der Waals surface area contributed by atoms with Gasteiger partial charge in [-0.3, -0.25) is 14.4 Å². The third-order valence-electron chi connectivity index (χ3n) is 5.79. The maximum atomic E-state index is 13.8. The van der Waals surface area contributed by atoms with Crippen LogP contribution in [0.15, 0.2) is 52.9 Å². The monoisotopic (exact) mass is 454 g/mol. The summed E-state index contributed by atoms with van der Waals surface area (Å²) in [5, 5.41) is 3.15. The number of hydrogen-bond donors (Lipinski definition) is 1. The fraction of sp³-hybridized carbons (Fsp3) is 0.292. The number of amides is 2. The van der Waals surface area contributed by atoms with Crippen molar-refractivity contribution in [1.82, 2.24) is 10.2 Å². The lowest BCUT2D eigenvalue weighted by atomic mass is 9.97. The van der Waals surface area contributed by atoms with E-state index < -0.39 is 35.7 Å². The number of carbonyl (C=O) groups is 3. The van der Waals surface area contributed by atoms with Gasteiger partial charge in [-0.2, -0.15) is 0 Å². The van der Waals surface area contributed by atoms with E-state index in [4.69, 9.17) is 13.9 Å². The molecule has 2 atom stereocenters. The van der Waals surface area contributed by atoms with Gasteiger partial charge in [-0.1, -0.05) is 30.3 Å². The molecule has 8 nitrogen and oxygen atoms in total. The van der Waals surface area contributed by atoms with Crippen molar-refractivity contribution in [1.29, 1.82) is 0 Å². The number of esters is 1. The number of ether oxygens (including phenoxy) is 2. The van der Waals surface area contributed by atoms with Crippen molar-refractivity contribution in [2.45, 2.75) is 25.4 Å². The Morgan fingerprint density at radius 1 is 1.24 bits per heavy atom. The van der Waals surface area contributed by atoms with Gasteiger partial charge < -0.3 is 24.1 Å². The van der Waals surface area contributed by atoms with Gasteiger partial charge >= 0.3 is 5.97 Å². The third kappa shape index (κ3) is 4.02. The minimum Gasteiger partial charge on any atom is -0.486 e. The first-order valence-corrected chi connectivity index (χ1v) is 10.3. The second kappa shape index (κ2) is 8.57. The molecule has 33 heavy (non-hydrogen) atoms. The molecule has 4 rings (SSSR count). The van der Waals surface area contributed by atoms with E-state index in [1.54, 1.807) is 6.92 Å². The summed E-state index contributed by atoms with van der Waals surface area (Å²) in [4.78, 5) is 40.2. The van der Waals surface area contributed by atoms with E-state index >= 15 is 0 Å². The van der Waals surface area contributed by atoms with Crippen LogP contribution in [-0.2, 0) is 14.3 Å². The molecule has 1 aliphatic heterocycles. The van der Waals surface area contributed by atoms with Crippen molar-refractivity contribution in [3.8, 4) is 5.75 Å². The van der Waals surface area contributed by atoms with Crippen LogP contribution in [0.25, 0.3) is 11.0 Å². The molecule has 1 N–H and O–H groups in total. The number of hydrogen-bond acceptors (Lipinski definition) is 6. The summed E-state index contributed by atoms with van der Waals surface area (Å²) in [5.41, 5.74) is -0.475. The smallest absolute Gasteiger partial charge is 0.325 e. The number of fused-ring (bicyclic) bond motifs is 3. The summed E-state index contributed by atoms with van der Waals surface area (Å²) in [6.45, 7) is 2.50. The van der Waals surface area contributed by atoms with Crippen molar-refractivity contribution in [2.75, 3.05) is 20.3 Å². The number of furan rings is 1. The van der Waals surface area contributed by atoms with Gasteiger partial charge in [-0.05, 0) is 37.6 Å². The van der Waals surface area contributed by atoms with Crippen LogP contribution in [0, 0.1) is 5.82 Å². The van der Waals surface area contributed by atoms with Crippen molar-refractivity contribution in [2.24, 2.45) is 0 Å². The summed E-state index contributed by atoms with van der Waals surface area (Å²) in [6.07, 6.45) is 0. The molecule has 0 radical (unpaired) electrons. The van der Waals surface area contributed by atoms with E-state index in [0.29, 0.717) is 0 Å². The van der Waals surface area contributed by atoms with Gasteiger partial charge in [0.05, 0.1) is 18.5 Å². The fourth-order valence-electron chi connectivity index (χ4n) is 3.77. The zero-order valence-electron chi connectivity index (χ0n) is 18.4. The molecule has 2 aromatic carbocycles. The normalized spacial score (nSPS) is 18.8. The second-order valence-electron chi connectivity index (χ2n) is 8.04. The molecule has 0 saturated heterocycles. The number of benzene rings is 2. The summed E-state index contributed by atoms with van der Waals surface area (Å²) in [7, 11) is 1.19. The van der Waals surface area contributed by atoms with E-state index in [1.165, 1.54) is 32.2 Å². The minimum atomic E-state index is -1.59. The van der Waals surface area contributed by atoms with Crippen LogP contribution in [0.1, 0.15) is 36.0 Å². The Labute approximate surface area is 189 Å². The Kier molecular flexibility index (Phi) is 5.80. The Balaban J connectivity index is 1.73. The first-order chi connectivity index (χ1) is 15.7. The lowest BCUT2D eigenvalue weighted by molar-refractivity contribution is -0.145. The minimum absolute atomic E-state index is 0.0250. The third-order valence-corrected chi connectivity index (χ3v) is 5.79. The first kappa shape index (κ1) is 22.3. The molecule has 3 aromatic rings. The van der Waals surface area contributed by atoms with Gasteiger partial charge in [0.1, 0.15) is 24.6 Å². The van der Waals surface area contributed by atoms with E-state index in [9.17, 15) is 18.8 Å². The van der Waals surface area contributed by atoms with E-state index in [2.05, 4.69) is 5.32 Å². The lowest BCUT2D eigenvalue weighted by Crippen LogP contribution is -2.62. The van der Waals surface area contributed by atoms with Crippen LogP contribution < -0.4 is 10.1 Å². The highest BCUT2D eigenvalue weighted by Gasteiger charge is 2.49. The molecule has 1 aliphatic rings. The topological polar surface area (TPSA) is 98.1 Å². The average Bonchev–Trinajstić information content (AvgIpc) is 3.13. The maximum absolute atomic E-state index is 13.8. The van der Waals surface area contributed by atoms with Crippen molar-refractivity contribution in [3.05, 3.63) is 65.7 Å². The van der Waals surface area contributed by atoms with Gasteiger partial charge in [0.15, 0.2) is 11.3 Å². The van der Waals surface area contributed by atoms with Gasteiger partial charge in [0, 0.05) is 0 Å². The molecule has 0 fully saturated rings. The van der Waals surface area contributed by atoms with E-state index in [0.717, 1.165) is 10.5 Å². The summed E-state index contributed by atoms with van der Waals surface area (Å²) in [5.74, 6) is -2.71. The number of carbonyl (C=O) groups excluding carboxylic acids is 3. The van der Waals surface area contributed by atoms with Crippen molar-refractivity contribution in [3.63, 3.8) is 0 Å². The van der Waals surface area contributed by atoms with Crippen LogP contribution in [0.2, 0.25) is 0 Å². The number of halogens is 1. The molecular formula is C24H23FN2O6. The van der Waals surface area contributed by atoms with Gasteiger partial charge in [0.25, 0.3) is 5.91 Å². The zero-order valence-corrected chi connectivity index (χ0v) is 18.4. The molecule has 1 aromatic heterocycles. The molecule has 0 saturated carbocycles. The molecular weight excluding hydrogens is 431 g/mol. The zero-order chi connectivity index (χ0) is 23.8. The second-order valence-corrected chi connectivity index (χ2v) is 8.04. The van der Waals surface area contributed by atoms with Gasteiger partial charge in [-0.25, -0.2) is 4.39 Å². The summed E-state index contributed by atoms with van der Waals surface area (Å²) >= 11 is 0. The molecule has 0 spiro atoms. The number of methoxy groups -OCH3 is 1. The molecule has 172 valence electrons. The molecule has 0 bridgehead atoms. The van der Waals surface area contributed by atoms with Crippen molar-refractivity contribution < 1.29 is 32.7 Å². The Hall–Kier alpha value is -3.88. The molecule has 2 amide bonds. The average molecular weight is 454 g/mol. The molecule has 9 heteroatoms. The lowest BCUT2D eigenvalue weighted by Gasteiger charge is -2.37. The predicted molar refractivity (Wildman–Crippen MR) is 116 cm³/mol. The van der Waals surface area contributed by atoms with Crippen LogP contribution in [0.4, 0.5) is 4.39 Å². The molecule has 2 heterocycles. The van der Waals surface area contributed by atoms with E-state index in [-0.39, 0.29) is 35.1 Å². The molecule has 0 aliphatic carbocycles. The Morgan fingerprint density at radius 3 is 2.67 bits per heavy atom. The summed E-state index contributed by atoms with van der Waals surface area (Å²) < 4.78 is 30.1. The standard InChI is InChI=1S/C24H23FN2O6/c1-14(15-7-5-4-6-8-15)26-23(30)24(2)13-32-20-17-11-16(25)9-10-18(17)33-21(20)22(29)27(24)12-19(28)31-3/h4-11,14H,12-13H2,1-3H3,(H,26,30)/t14-,24+/m0/s1. The fourth-order valence-corrected chi connectivity index (χ4v) is 3.77. The van der Waals surface area contributed by atoms with Crippen LogP contribution in [0.3, 0.4) is 0 Å². The van der Waals surface area contributed by atoms with Crippen LogP contribution >= 0.6 is 0 Å².